The quantitative estimate of drug-likeness (QED) is 0.799. The maximum absolute atomic E-state index is 12.0. The number of nitrogens with zero attached hydrogens (tertiary/aromatic N) is 1. The SMILES string of the molecule is Cc1cc(NC(=O)C(C)SCC(=O)NCc2ccc(C)s2)no1. The molecule has 2 heterocycles. The number of rotatable bonds is 7. The van der Waals surface area contributed by atoms with Crippen molar-refractivity contribution in [2.45, 2.75) is 32.6 Å². The third-order valence-corrected chi connectivity index (χ3v) is 5.11. The first-order chi connectivity index (χ1) is 10.9. The van der Waals surface area contributed by atoms with Gasteiger partial charge in [-0.15, -0.1) is 23.1 Å². The first kappa shape index (κ1) is 17.6. The molecule has 2 aromatic rings. The van der Waals surface area contributed by atoms with Crippen LogP contribution in [0.4, 0.5) is 5.82 Å². The van der Waals surface area contributed by atoms with E-state index in [9.17, 15) is 9.59 Å². The van der Waals surface area contributed by atoms with Crippen LogP contribution in [0.3, 0.4) is 0 Å². The zero-order valence-electron chi connectivity index (χ0n) is 13.2. The molecule has 0 radical (unpaired) electrons. The molecule has 23 heavy (non-hydrogen) atoms. The monoisotopic (exact) mass is 353 g/mol. The summed E-state index contributed by atoms with van der Waals surface area (Å²) >= 11 is 2.94. The van der Waals surface area contributed by atoms with Crippen LogP contribution in [0.1, 0.15) is 22.4 Å². The van der Waals surface area contributed by atoms with Crippen LogP contribution in [0.5, 0.6) is 0 Å². The predicted octanol–water partition coefficient (Wildman–Crippen LogP) is 2.73. The summed E-state index contributed by atoms with van der Waals surface area (Å²) in [5.41, 5.74) is 0. The van der Waals surface area contributed by atoms with Crippen LogP contribution < -0.4 is 10.6 Å². The Hall–Kier alpha value is -1.80. The molecule has 0 aromatic carbocycles. The van der Waals surface area contributed by atoms with Gasteiger partial charge < -0.3 is 15.2 Å². The highest BCUT2D eigenvalue weighted by Gasteiger charge is 2.16. The van der Waals surface area contributed by atoms with Crippen molar-refractivity contribution in [2.24, 2.45) is 0 Å². The van der Waals surface area contributed by atoms with Crippen LogP contribution >= 0.6 is 23.1 Å². The van der Waals surface area contributed by atoms with Gasteiger partial charge in [-0.3, -0.25) is 9.59 Å². The number of amides is 2. The van der Waals surface area contributed by atoms with Crippen LogP contribution in [0.25, 0.3) is 0 Å². The molecule has 2 amide bonds. The Bertz CT molecular complexity index is 681. The van der Waals surface area contributed by atoms with E-state index in [1.165, 1.54) is 16.6 Å². The Morgan fingerprint density at radius 2 is 2.17 bits per heavy atom. The van der Waals surface area contributed by atoms with Gasteiger partial charge in [0.15, 0.2) is 5.82 Å². The Morgan fingerprint density at radius 3 is 2.78 bits per heavy atom. The lowest BCUT2D eigenvalue weighted by Gasteiger charge is -2.10. The van der Waals surface area contributed by atoms with Crippen LogP contribution in [0.15, 0.2) is 22.7 Å². The molecule has 0 aliphatic rings. The summed E-state index contributed by atoms with van der Waals surface area (Å²) < 4.78 is 4.88. The van der Waals surface area contributed by atoms with Crippen molar-refractivity contribution in [3.8, 4) is 0 Å². The van der Waals surface area contributed by atoms with Crippen molar-refractivity contribution in [2.75, 3.05) is 11.1 Å². The van der Waals surface area contributed by atoms with Gasteiger partial charge in [-0.05, 0) is 32.9 Å². The first-order valence-electron chi connectivity index (χ1n) is 7.12. The number of anilines is 1. The largest absolute Gasteiger partial charge is 0.360 e. The highest BCUT2D eigenvalue weighted by atomic mass is 32.2. The van der Waals surface area contributed by atoms with Gasteiger partial charge in [0.25, 0.3) is 0 Å². The zero-order chi connectivity index (χ0) is 16.8. The second-order valence-corrected chi connectivity index (χ2v) is 7.76. The lowest BCUT2D eigenvalue weighted by molar-refractivity contribution is -0.118. The van der Waals surface area contributed by atoms with E-state index in [-0.39, 0.29) is 22.8 Å². The molecule has 0 bridgehead atoms. The van der Waals surface area contributed by atoms with Gasteiger partial charge in [0.05, 0.1) is 17.5 Å². The highest BCUT2D eigenvalue weighted by molar-refractivity contribution is 8.01. The number of aromatic nitrogens is 1. The molecule has 124 valence electrons. The molecule has 0 spiro atoms. The summed E-state index contributed by atoms with van der Waals surface area (Å²) in [6, 6.07) is 5.67. The summed E-state index contributed by atoms with van der Waals surface area (Å²) in [6.07, 6.45) is 0. The molecule has 0 saturated carbocycles. The maximum Gasteiger partial charge on any atom is 0.238 e. The molecule has 6 nitrogen and oxygen atoms in total. The molecule has 0 fully saturated rings. The second-order valence-electron chi connectivity index (χ2n) is 5.05. The lowest BCUT2D eigenvalue weighted by atomic mass is 10.4. The van der Waals surface area contributed by atoms with Gasteiger partial charge in [-0.2, -0.15) is 0 Å². The third-order valence-electron chi connectivity index (χ3n) is 2.97. The number of hydrogen-bond acceptors (Lipinski definition) is 6. The average molecular weight is 353 g/mol. The minimum absolute atomic E-state index is 0.0852. The lowest BCUT2D eigenvalue weighted by Crippen LogP contribution is -2.28. The fraction of sp³-hybridized carbons (Fsp3) is 0.400. The summed E-state index contributed by atoms with van der Waals surface area (Å²) in [6.45, 7) is 6.06. The maximum atomic E-state index is 12.0. The average Bonchev–Trinajstić information content (AvgIpc) is 3.11. The number of thiophene rings is 1. The van der Waals surface area contributed by atoms with Crippen LogP contribution in [-0.2, 0) is 16.1 Å². The van der Waals surface area contributed by atoms with Crippen molar-refractivity contribution >= 4 is 40.7 Å². The molecule has 2 N–H and O–H groups in total. The van der Waals surface area contributed by atoms with E-state index in [4.69, 9.17) is 4.52 Å². The molecule has 2 aromatic heterocycles. The summed E-state index contributed by atoms with van der Waals surface area (Å²) in [7, 11) is 0. The predicted molar refractivity (Wildman–Crippen MR) is 92.7 cm³/mol. The van der Waals surface area contributed by atoms with Gasteiger partial charge in [0.1, 0.15) is 5.76 Å². The number of carbonyl (C=O) groups excluding carboxylic acids is 2. The zero-order valence-corrected chi connectivity index (χ0v) is 14.8. The molecule has 1 unspecified atom stereocenters. The molecule has 0 aliphatic carbocycles. The standard InChI is InChI=1S/C15H19N3O3S2/c1-9-6-13(18-21-9)17-15(20)11(3)22-8-14(19)16-7-12-5-4-10(2)23-12/h4-6,11H,7-8H2,1-3H3,(H,16,19)(H,17,18,20). The first-order valence-corrected chi connectivity index (χ1v) is 8.98. The minimum atomic E-state index is -0.360. The Balaban J connectivity index is 1.69. The molecule has 8 heteroatoms. The third kappa shape index (κ3) is 5.72. The van der Waals surface area contributed by atoms with E-state index in [2.05, 4.69) is 15.8 Å². The highest BCUT2D eigenvalue weighted by Crippen LogP contribution is 2.16. The number of hydrogen-bond donors (Lipinski definition) is 2. The van der Waals surface area contributed by atoms with E-state index >= 15 is 0 Å². The Morgan fingerprint density at radius 1 is 1.39 bits per heavy atom. The summed E-state index contributed by atoms with van der Waals surface area (Å²) in [4.78, 5) is 26.1. The molecular formula is C15H19N3O3S2. The fourth-order valence-electron chi connectivity index (χ4n) is 1.75. The van der Waals surface area contributed by atoms with E-state index in [0.29, 0.717) is 18.1 Å². The Labute approximate surface area is 143 Å². The normalized spacial score (nSPS) is 12.0. The topological polar surface area (TPSA) is 84.2 Å². The van der Waals surface area contributed by atoms with Gasteiger partial charge in [0.2, 0.25) is 11.8 Å². The van der Waals surface area contributed by atoms with Gasteiger partial charge in [0, 0.05) is 15.8 Å². The van der Waals surface area contributed by atoms with E-state index in [1.54, 1.807) is 31.3 Å². The van der Waals surface area contributed by atoms with Crippen LogP contribution in [0, 0.1) is 13.8 Å². The van der Waals surface area contributed by atoms with E-state index in [0.717, 1.165) is 4.88 Å². The molecule has 0 aliphatic heterocycles. The Kier molecular flexibility index (Phi) is 6.23. The van der Waals surface area contributed by atoms with E-state index in [1.807, 2.05) is 19.1 Å². The smallest absolute Gasteiger partial charge is 0.238 e. The van der Waals surface area contributed by atoms with E-state index < -0.39 is 0 Å². The van der Waals surface area contributed by atoms with Crippen molar-refractivity contribution in [3.63, 3.8) is 0 Å². The molecule has 2 rings (SSSR count). The number of carbonyl (C=O) groups is 2. The molecule has 1 atom stereocenters. The molecular weight excluding hydrogens is 334 g/mol. The summed E-state index contributed by atoms with van der Waals surface area (Å²) in [5.74, 6) is 0.959. The minimum Gasteiger partial charge on any atom is -0.360 e. The van der Waals surface area contributed by atoms with Crippen molar-refractivity contribution in [1.82, 2.24) is 10.5 Å². The fourth-order valence-corrected chi connectivity index (χ4v) is 3.29. The van der Waals surface area contributed by atoms with Gasteiger partial charge >= 0.3 is 0 Å². The van der Waals surface area contributed by atoms with Gasteiger partial charge in [-0.25, -0.2) is 0 Å². The molecule has 0 saturated heterocycles. The van der Waals surface area contributed by atoms with Crippen molar-refractivity contribution in [3.05, 3.63) is 33.7 Å². The number of thioether (sulfide) groups is 1. The van der Waals surface area contributed by atoms with Gasteiger partial charge in [-0.1, -0.05) is 5.16 Å². The second kappa shape index (κ2) is 8.16. The van der Waals surface area contributed by atoms with Crippen LogP contribution in [-0.4, -0.2) is 28.0 Å². The van der Waals surface area contributed by atoms with Crippen LogP contribution in [0.2, 0.25) is 0 Å². The number of aryl methyl sites for hydroxylation is 2. The summed E-state index contributed by atoms with van der Waals surface area (Å²) in [5, 5.41) is 8.85. The number of nitrogens with one attached hydrogen (secondary N) is 2. The van der Waals surface area contributed by atoms with Crippen molar-refractivity contribution in [1.29, 1.82) is 0 Å². The van der Waals surface area contributed by atoms with Crippen molar-refractivity contribution < 1.29 is 14.1 Å².